The van der Waals surface area contributed by atoms with E-state index in [0.717, 1.165) is 11.1 Å². The summed E-state index contributed by atoms with van der Waals surface area (Å²) in [7, 11) is 0. The highest BCUT2D eigenvalue weighted by Crippen LogP contribution is 2.43. The molecule has 7 heteroatoms. The maximum atomic E-state index is 11.8. The quantitative estimate of drug-likeness (QED) is 0.325. The number of aryl methyl sites for hydroxylation is 3. The minimum Gasteiger partial charge on any atom is -0.508 e. The van der Waals surface area contributed by atoms with E-state index in [1.807, 2.05) is 13.8 Å². The molecule has 0 amide bonds. The average Bonchev–Trinajstić information content (AvgIpc) is 2.55. The van der Waals surface area contributed by atoms with E-state index in [-0.39, 0.29) is 29.3 Å². The molecule has 4 rings (SSSR count). The summed E-state index contributed by atoms with van der Waals surface area (Å²) < 4.78 is 5.89. The Balaban J connectivity index is 0.00000225. The Labute approximate surface area is 167 Å². The van der Waals surface area contributed by atoms with Gasteiger partial charge in [0.1, 0.15) is 22.7 Å². The predicted octanol–water partition coefficient (Wildman–Crippen LogP) is 4.30. The molecule has 0 bridgehead atoms. The number of halogens is 1. The monoisotopic (exact) mass is 398 g/mol. The van der Waals surface area contributed by atoms with Gasteiger partial charge in [-0.15, -0.1) is 12.4 Å². The molecule has 0 atom stereocenters. The van der Waals surface area contributed by atoms with E-state index in [1.165, 1.54) is 18.2 Å². The summed E-state index contributed by atoms with van der Waals surface area (Å²) in [6.07, 6.45) is 0. The minimum absolute atomic E-state index is 0. The Hall–Kier alpha value is -3.25. The highest BCUT2D eigenvalue weighted by Gasteiger charge is 2.21. The van der Waals surface area contributed by atoms with Crippen LogP contribution in [-0.4, -0.2) is 15.2 Å². The number of aromatic hydroxyl groups is 2. The van der Waals surface area contributed by atoms with E-state index in [9.17, 15) is 15.0 Å². The van der Waals surface area contributed by atoms with Gasteiger partial charge in [-0.3, -0.25) is 4.79 Å². The second kappa shape index (κ2) is 6.73. The fraction of sp³-hybridized carbons (Fsp3) is 0.143. The molecule has 0 radical (unpaired) electrons. The number of phenolic OH excluding ortho intramolecular Hbond substituents is 2. The van der Waals surface area contributed by atoms with E-state index in [4.69, 9.17) is 15.1 Å². The lowest BCUT2D eigenvalue weighted by Gasteiger charge is -2.17. The number of nitrogens with zero attached hydrogens (tertiary/aromatic N) is 1. The Kier molecular flexibility index (Phi) is 4.69. The normalized spacial score (nSPS) is 11.0. The second-order valence-corrected chi connectivity index (χ2v) is 6.77. The largest absolute Gasteiger partial charge is 0.508 e. The zero-order chi connectivity index (χ0) is 19.5. The van der Waals surface area contributed by atoms with Crippen molar-refractivity contribution in [1.29, 1.82) is 0 Å². The Morgan fingerprint density at radius 2 is 1.68 bits per heavy atom. The number of phenols is 2. The molecule has 4 N–H and O–H groups in total. The number of nitrogens with two attached hydrogens (primary N) is 1. The standard InChI is InChI=1S/C21H18N2O4.ClH/c1-9-4-12(24)6-15(26)18(9)19-11(3)21-17(8-14(19)22)27-16-7-13(25)5-10(2)20(16)23-21;/h4-8,24,26H,22H2,1-3H3;1H. The van der Waals surface area contributed by atoms with Crippen LogP contribution in [0, 0.1) is 20.8 Å². The summed E-state index contributed by atoms with van der Waals surface area (Å²) in [5, 5.41) is 20.1. The van der Waals surface area contributed by atoms with Gasteiger partial charge < -0.3 is 20.4 Å². The first-order chi connectivity index (χ1) is 12.8. The van der Waals surface area contributed by atoms with Crippen molar-refractivity contribution < 1.29 is 14.6 Å². The fourth-order valence-corrected chi connectivity index (χ4v) is 3.59. The van der Waals surface area contributed by atoms with E-state index < -0.39 is 0 Å². The molecule has 2 aromatic carbocycles. The summed E-state index contributed by atoms with van der Waals surface area (Å²) in [4.78, 5) is 16.5. The maximum Gasteiger partial charge on any atom is 0.182 e. The van der Waals surface area contributed by atoms with Crippen LogP contribution in [0.3, 0.4) is 0 Å². The summed E-state index contributed by atoms with van der Waals surface area (Å²) in [5.41, 5.74) is 11.5. The predicted molar refractivity (Wildman–Crippen MR) is 112 cm³/mol. The van der Waals surface area contributed by atoms with Crippen LogP contribution in [-0.2, 0) is 0 Å². The highest BCUT2D eigenvalue weighted by molar-refractivity contribution is 5.96. The van der Waals surface area contributed by atoms with E-state index in [0.29, 0.717) is 44.9 Å². The lowest BCUT2D eigenvalue weighted by molar-refractivity contribution is 0.451. The lowest BCUT2D eigenvalue weighted by atomic mass is 9.93. The number of hydrogen-bond acceptors (Lipinski definition) is 6. The van der Waals surface area contributed by atoms with Crippen molar-refractivity contribution in [2.24, 2.45) is 0 Å². The third-order valence-electron chi connectivity index (χ3n) is 4.77. The molecule has 28 heavy (non-hydrogen) atoms. The number of anilines is 1. The van der Waals surface area contributed by atoms with Crippen molar-refractivity contribution in [1.82, 2.24) is 4.98 Å². The molecule has 0 unspecified atom stereocenters. The zero-order valence-corrected chi connectivity index (χ0v) is 16.3. The van der Waals surface area contributed by atoms with Gasteiger partial charge in [-0.1, -0.05) is 0 Å². The van der Waals surface area contributed by atoms with Crippen LogP contribution >= 0.6 is 12.4 Å². The van der Waals surface area contributed by atoms with Crippen LogP contribution in [0.2, 0.25) is 0 Å². The van der Waals surface area contributed by atoms with Crippen LogP contribution in [0.5, 0.6) is 11.5 Å². The third kappa shape index (κ3) is 2.92. The molecular weight excluding hydrogens is 380 g/mol. The first kappa shape index (κ1) is 19.5. The SMILES string of the molecule is Cc1cc(=O)cc2oc3cc(N)c(-c4c(C)cc(O)cc4O)c(C)c3nc1-2.Cl. The number of benzene rings is 3. The van der Waals surface area contributed by atoms with Crippen molar-refractivity contribution in [2.75, 3.05) is 5.73 Å². The Bertz CT molecular complexity index is 1240. The molecule has 1 aliphatic carbocycles. The van der Waals surface area contributed by atoms with Crippen LogP contribution < -0.4 is 11.2 Å². The number of rotatable bonds is 1. The topological polar surface area (TPSA) is 110 Å². The molecule has 2 aliphatic rings. The molecule has 0 spiro atoms. The average molecular weight is 399 g/mol. The van der Waals surface area contributed by atoms with Gasteiger partial charge in [0.05, 0.1) is 0 Å². The fourth-order valence-electron chi connectivity index (χ4n) is 3.59. The van der Waals surface area contributed by atoms with Crippen molar-refractivity contribution in [2.45, 2.75) is 20.8 Å². The summed E-state index contributed by atoms with van der Waals surface area (Å²) in [6, 6.07) is 7.41. The van der Waals surface area contributed by atoms with Gasteiger partial charge in [-0.2, -0.15) is 0 Å². The second-order valence-electron chi connectivity index (χ2n) is 6.77. The number of aromatic nitrogens is 1. The van der Waals surface area contributed by atoms with Crippen LogP contribution in [0.15, 0.2) is 39.5 Å². The summed E-state index contributed by atoms with van der Waals surface area (Å²) in [5.74, 6) is 0.322. The van der Waals surface area contributed by atoms with Crippen LogP contribution in [0.4, 0.5) is 5.69 Å². The van der Waals surface area contributed by atoms with Crippen molar-refractivity contribution in [3.63, 3.8) is 0 Å². The molecular formula is C21H19ClN2O4. The third-order valence-corrected chi connectivity index (χ3v) is 4.77. The molecule has 2 aromatic rings. The first-order valence-electron chi connectivity index (χ1n) is 8.43. The molecule has 6 nitrogen and oxygen atoms in total. The summed E-state index contributed by atoms with van der Waals surface area (Å²) >= 11 is 0. The molecule has 0 saturated carbocycles. The molecule has 1 aliphatic heterocycles. The molecule has 0 saturated heterocycles. The lowest BCUT2D eigenvalue weighted by Crippen LogP contribution is -2.04. The van der Waals surface area contributed by atoms with Gasteiger partial charge in [-0.25, -0.2) is 4.98 Å². The number of nitrogen functional groups attached to an aromatic ring is 1. The molecule has 0 fully saturated rings. The molecule has 144 valence electrons. The van der Waals surface area contributed by atoms with Gasteiger partial charge in [0.25, 0.3) is 0 Å². The first-order valence-corrected chi connectivity index (χ1v) is 8.43. The highest BCUT2D eigenvalue weighted by atomic mass is 35.5. The van der Waals surface area contributed by atoms with Crippen molar-refractivity contribution in [3.05, 3.63) is 57.2 Å². The molecule has 1 heterocycles. The van der Waals surface area contributed by atoms with Crippen molar-refractivity contribution >= 4 is 29.2 Å². The van der Waals surface area contributed by atoms with Gasteiger partial charge in [0.15, 0.2) is 16.8 Å². The van der Waals surface area contributed by atoms with Gasteiger partial charge >= 0.3 is 0 Å². The van der Waals surface area contributed by atoms with E-state index in [2.05, 4.69) is 0 Å². The zero-order valence-electron chi connectivity index (χ0n) is 15.5. The smallest absolute Gasteiger partial charge is 0.182 e. The van der Waals surface area contributed by atoms with Crippen LogP contribution in [0.25, 0.3) is 33.7 Å². The van der Waals surface area contributed by atoms with Crippen molar-refractivity contribution in [3.8, 4) is 34.1 Å². The Morgan fingerprint density at radius 1 is 0.964 bits per heavy atom. The van der Waals surface area contributed by atoms with Crippen LogP contribution in [0.1, 0.15) is 16.7 Å². The number of hydrogen-bond donors (Lipinski definition) is 3. The minimum atomic E-state index is -0.143. The van der Waals surface area contributed by atoms with Gasteiger partial charge in [-0.05, 0) is 49.6 Å². The molecule has 0 aromatic heterocycles. The summed E-state index contributed by atoms with van der Waals surface area (Å²) in [6.45, 7) is 5.45. The van der Waals surface area contributed by atoms with E-state index >= 15 is 0 Å². The number of fused-ring (bicyclic) bond motifs is 2. The maximum absolute atomic E-state index is 11.8. The Morgan fingerprint density at radius 3 is 2.36 bits per heavy atom. The van der Waals surface area contributed by atoms with Gasteiger partial charge in [0.2, 0.25) is 0 Å². The van der Waals surface area contributed by atoms with E-state index in [1.54, 1.807) is 19.1 Å². The van der Waals surface area contributed by atoms with Gasteiger partial charge in [0, 0.05) is 35.0 Å².